The third-order valence-corrected chi connectivity index (χ3v) is 6.12. The first-order valence-corrected chi connectivity index (χ1v) is 11.4. The zero-order valence-corrected chi connectivity index (χ0v) is 20.8. The van der Waals surface area contributed by atoms with E-state index in [9.17, 15) is 14.4 Å². The molecule has 0 aromatic heterocycles. The van der Waals surface area contributed by atoms with Gasteiger partial charge in [0.1, 0.15) is 16.5 Å². The molecule has 0 aliphatic carbocycles. The minimum atomic E-state index is -0.666. The molecule has 3 aromatic rings. The summed E-state index contributed by atoms with van der Waals surface area (Å²) in [6, 6.07) is 16.0. The number of ether oxygens (including phenoxy) is 1. The quantitative estimate of drug-likeness (QED) is 0.382. The van der Waals surface area contributed by atoms with Gasteiger partial charge in [-0.3, -0.25) is 14.4 Å². The Labute approximate surface area is 216 Å². The van der Waals surface area contributed by atoms with E-state index in [4.69, 9.17) is 39.5 Å². The van der Waals surface area contributed by atoms with Gasteiger partial charge in [-0.1, -0.05) is 40.9 Å². The first-order chi connectivity index (χ1) is 16.7. The molecule has 3 aromatic carbocycles. The average Bonchev–Trinajstić information content (AvgIpc) is 3.04. The molecular formula is C25H18Cl3N3O4. The maximum absolute atomic E-state index is 13.1. The van der Waals surface area contributed by atoms with E-state index in [0.29, 0.717) is 38.4 Å². The van der Waals surface area contributed by atoms with E-state index >= 15 is 0 Å². The molecule has 0 spiro atoms. The summed E-state index contributed by atoms with van der Waals surface area (Å²) in [7, 11) is 1.48. The largest absolute Gasteiger partial charge is 0.495 e. The zero-order chi connectivity index (χ0) is 25.3. The van der Waals surface area contributed by atoms with Gasteiger partial charge < -0.3 is 15.4 Å². The lowest BCUT2D eigenvalue weighted by Crippen LogP contribution is -2.32. The molecule has 1 aliphatic heterocycles. The monoisotopic (exact) mass is 529 g/mol. The summed E-state index contributed by atoms with van der Waals surface area (Å²) in [5.41, 5.74) is 2.10. The Balaban J connectivity index is 1.59. The summed E-state index contributed by atoms with van der Waals surface area (Å²) in [6.07, 6.45) is 0. The van der Waals surface area contributed by atoms with Gasteiger partial charge in [0.05, 0.1) is 18.5 Å². The van der Waals surface area contributed by atoms with Gasteiger partial charge in [0.2, 0.25) is 0 Å². The van der Waals surface area contributed by atoms with Crippen molar-refractivity contribution in [3.8, 4) is 5.75 Å². The number of carbonyl (C=O) groups is 3. The predicted molar refractivity (Wildman–Crippen MR) is 138 cm³/mol. The highest BCUT2D eigenvalue weighted by Gasteiger charge is 2.39. The van der Waals surface area contributed by atoms with Crippen LogP contribution in [0, 0.1) is 6.92 Å². The molecular weight excluding hydrogens is 513 g/mol. The Hall–Kier alpha value is -3.52. The standard InChI is InChI=1S/C25H18Cl3N3O4/c1-13-3-4-14(23(32)30-19-12-16(27)7-10-20(19)35-2)11-18(13)29-22-21(28)24(33)31(25(22)34)17-8-5-15(26)6-9-17/h3-12,29H,1-2H3,(H,30,32). The molecule has 10 heteroatoms. The SMILES string of the molecule is COc1ccc(Cl)cc1NC(=O)c1ccc(C)c(NC2=C(Cl)C(=O)N(c3ccc(Cl)cc3)C2=O)c1. The number of halogens is 3. The van der Waals surface area contributed by atoms with Crippen LogP contribution in [0.4, 0.5) is 17.1 Å². The van der Waals surface area contributed by atoms with E-state index < -0.39 is 17.7 Å². The Morgan fingerprint density at radius 2 is 1.54 bits per heavy atom. The van der Waals surface area contributed by atoms with Crippen LogP contribution >= 0.6 is 34.8 Å². The van der Waals surface area contributed by atoms with E-state index in [2.05, 4.69) is 10.6 Å². The van der Waals surface area contributed by atoms with Crippen molar-refractivity contribution in [2.75, 3.05) is 22.6 Å². The molecule has 1 heterocycles. The number of hydrogen-bond acceptors (Lipinski definition) is 5. The summed E-state index contributed by atoms with van der Waals surface area (Å²) >= 11 is 18.2. The number of nitrogens with one attached hydrogen (secondary N) is 2. The Morgan fingerprint density at radius 3 is 2.23 bits per heavy atom. The van der Waals surface area contributed by atoms with E-state index in [1.54, 1.807) is 67.6 Å². The topological polar surface area (TPSA) is 87.7 Å². The molecule has 178 valence electrons. The van der Waals surface area contributed by atoms with Crippen LogP contribution in [0.25, 0.3) is 0 Å². The number of rotatable bonds is 6. The fraction of sp³-hybridized carbons (Fsp3) is 0.0800. The van der Waals surface area contributed by atoms with Crippen LogP contribution in [0.2, 0.25) is 10.0 Å². The van der Waals surface area contributed by atoms with Crippen LogP contribution in [-0.2, 0) is 9.59 Å². The average molecular weight is 531 g/mol. The number of hydrogen-bond donors (Lipinski definition) is 2. The number of benzene rings is 3. The van der Waals surface area contributed by atoms with Gasteiger partial charge in [-0.25, -0.2) is 4.90 Å². The minimum Gasteiger partial charge on any atom is -0.495 e. The molecule has 0 radical (unpaired) electrons. The van der Waals surface area contributed by atoms with Gasteiger partial charge in [-0.05, 0) is 67.1 Å². The van der Waals surface area contributed by atoms with E-state index in [1.807, 2.05) is 0 Å². The molecule has 2 N–H and O–H groups in total. The van der Waals surface area contributed by atoms with Gasteiger partial charge in [0, 0.05) is 21.3 Å². The van der Waals surface area contributed by atoms with Crippen molar-refractivity contribution in [3.05, 3.63) is 92.6 Å². The lowest BCUT2D eigenvalue weighted by Gasteiger charge is -2.16. The molecule has 1 aliphatic rings. The predicted octanol–water partition coefficient (Wildman–Crippen LogP) is 6.00. The summed E-state index contributed by atoms with van der Waals surface area (Å²) in [4.78, 5) is 39.6. The third kappa shape index (κ3) is 4.98. The van der Waals surface area contributed by atoms with Crippen molar-refractivity contribution < 1.29 is 19.1 Å². The number of carbonyl (C=O) groups excluding carboxylic acids is 3. The van der Waals surface area contributed by atoms with Crippen molar-refractivity contribution in [2.24, 2.45) is 0 Å². The molecule has 0 fully saturated rings. The first kappa shape index (κ1) is 24.6. The molecule has 35 heavy (non-hydrogen) atoms. The molecule has 0 bridgehead atoms. The lowest BCUT2D eigenvalue weighted by atomic mass is 10.1. The third-order valence-electron chi connectivity index (χ3n) is 5.28. The van der Waals surface area contributed by atoms with E-state index in [-0.39, 0.29) is 10.7 Å². The van der Waals surface area contributed by atoms with Crippen molar-refractivity contribution in [1.29, 1.82) is 0 Å². The molecule has 0 saturated carbocycles. The van der Waals surface area contributed by atoms with Crippen molar-refractivity contribution in [1.82, 2.24) is 0 Å². The van der Waals surface area contributed by atoms with E-state index in [1.165, 1.54) is 7.11 Å². The maximum Gasteiger partial charge on any atom is 0.283 e. The van der Waals surface area contributed by atoms with Crippen molar-refractivity contribution >= 4 is 69.6 Å². The Kier molecular flexibility index (Phi) is 7.03. The van der Waals surface area contributed by atoms with Crippen LogP contribution in [0.1, 0.15) is 15.9 Å². The normalized spacial score (nSPS) is 13.3. The van der Waals surface area contributed by atoms with Gasteiger partial charge >= 0.3 is 0 Å². The number of nitrogens with zero attached hydrogens (tertiary/aromatic N) is 1. The van der Waals surface area contributed by atoms with Crippen molar-refractivity contribution in [3.63, 3.8) is 0 Å². The van der Waals surface area contributed by atoms with E-state index in [0.717, 1.165) is 10.5 Å². The fourth-order valence-electron chi connectivity index (χ4n) is 3.44. The van der Waals surface area contributed by atoms with Crippen LogP contribution < -0.4 is 20.3 Å². The van der Waals surface area contributed by atoms with Gasteiger partial charge in [-0.2, -0.15) is 0 Å². The molecule has 3 amide bonds. The number of methoxy groups -OCH3 is 1. The molecule has 4 rings (SSSR count). The second kappa shape index (κ2) is 10.00. The molecule has 0 unspecified atom stereocenters. The van der Waals surface area contributed by atoms with Gasteiger partial charge in [0.15, 0.2) is 0 Å². The summed E-state index contributed by atoms with van der Waals surface area (Å²) in [5, 5.41) is 6.32. The van der Waals surface area contributed by atoms with Crippen LogP contribution in [0.15, 0.2) is 71.4 Å². The lowest BCUT2D eigenvalue weighted by molar-refractivity contribution is -0.120. The second-order valence-corrected chi connectivity index (χ2v) is 8.82. The molecule has 7 nitrogen and oxygen atoms in total. The Bertz CT molecular complexity index is 1390. The number of aryl methyl sites for hydroxylation is 1. The van der Waals surface area contributed by atoms with Crippen molar-refractivity contribution in [2.45, 2.75) is 6.92 Å². The summed E-state index contributed by atoms with van der Waals surface area (Å²) in [6.45, 7) is 1.79. The number of amides is 3. The smallest absolute Gasteiger partial charge is 0.283 e. The highest BCUT2D eigenvalue weighted by atomic mass is 35.5. The maximum atomic E-state index is 13.1. The van der Waals surface area contributed by atoms with Gasteiger partial charge in [0.25, 0.3) is 17.7 Å². The zero-order valence-electron chi connectivity index (χ0n) is 18.5. The summed E-state index contributed by atoms with van der Waals surface area (Å²) < 4.78 is 5.27. The minimum absolute atomic E-state index is 0.0937. The highest BCUT2D eigenvalue weighted by molar-refractivity contribution is 6.53. The first-order valence-electron chi connectivity index (χ1n) is 10.3. The second-order valence-electron chi connectivity index (χ2n) is 7.56. The highest BCUT2D eigenvalue weighted by Crippen LogP contribution is 2.32. The van der Waals surface area contributed by atoms with Gasteiger partial charge in [-0.15, -0.1) is 0 Å². The Morgan fingerprint density at radius 1 is 0.857 bits per heavy atom. The molecule has 0 saturated heterocycles. The van der Waals surface area contributed by atoms with Crippen LogP contribution in [0.3, 0.4) is 0 Å². The number of imide groups is 1. The van der Waals surface area contributed by atoms with Crippen LogP contribution in [-0.4, -0.2) is 24.8 Å². The molecule has 0 atom stereocenters. The number of anilines is 3. The summed E-state index contributed by atoms with van der Waals surface area (Å²) in [5.74, 6) is -1.27. The van der Waals surface area contributed by atoms with Crippen LogP contribution in [0.5, 0.6) is 5.75 Å². The fourth-order valence-corrected chi connectivity index (χ4v) is 3.95.